The molecule has 114 valence electrons. The fraction of sp³-hybridized carbons (Fsp3) is 0.562. The predicted molar refractivity (Wildman–Crippen MR) is 79.5 cm³/mol. The Morgan fingerprint density at radius 1 is 1.29 bits per heavy atom. The quantitative estimate of drug-likeness (QED) is 0.905. The van der Waals surface area contributed by atoms with Gasteiger partial charge in [0.1, 0.15) is 0 Å². The van der Waals surface area contributed by atoms with Crippen LogP contribution in [0.4, 0.5) is 0 Å². The van der Waals surface area contributed by atoms with Gasteiger partial charge in [0.2, 0.25) is 0 Å². The van der Waals surface area contributed by atoms with Crippen molar-refractivity contribution in [2.75, 3.05) is 39.4 Å². The summed E-state index contributed by atoms with van der Waals surface area (Å²) in [5.74, 6) is -0.857. The number of morpholine rings is 1. The molecule has 5 nitrogen and oxygen atoms in total. The third-order valence-electron chi connectivity index (χ3n) is 4.39. The molecule has 5 heteroatoms. The van der Waals surface area contributed by atoms with Gasteiger partial charge in [0.25, 0.3) is 0 Å². The third kappa shape index (κ3) is 3.61. The Balaban J connectivity index is 1.56. The fourth-order valence-electron chi connectivity index (χ4n) is 3.26. The van der Waals surface area contributed by atoms with Gasteiger partial charge in [0.15, 0.2) is 0 Å². The van der Waals surface area contributed by atoms with Crippen LogP contribution in [0.2, 0.25) is 0 Å². The lowest BCUT2D eigenvalue weighted by Crippen LogP contribution is -2.44. The van der Waals surface area contributed by atoms with Crippen molar-refractivity contribution in [3.63, 3.8) is 0 Å². The summed E-state index contributed by atoms with van der Waals surface area (Å²) >= 11 is 0. The SMILES string of the molecule is O=C(O)c1cccc(CN2CCC(N3CCOCC3)C2)c1. The van der Waals surface area contributed by atoms with Crippen LogP contribution in [0, 0.1) is 0 Å². The van der Waals surface area contributed by atoms with Crippen molar-refractivity contribution >= 4 is 5.97 Å². The zero-order chi connectivity index (χ0) is 14.7. The number of carboxylic acid groups (broad SMARTS) is 1. The maximum absolute atomic E-state index is 11.0. The third-order valence-corrected chi connectivity index (χ3v) is 4.39. The number of benzene rings is 1. The summed E-state index contributed by atoms with van der Waals surface area (Å²) in [6.07, 6.45) is 1.19. The second-order valence-corrected chi connectivity index (χ2v) is 5.83. The second-order valence-electron chi connectivity index (χ2n) is 5.83. The molecule has 0 saturated carbocycles. The molecule has 1 N–H and O–H groups in total. The summed E-state index contributed by atoms with van der Waals surface area (Å²) in [4.78, 5) is 16.0. The minimum Gasteiger partial charge on any atom is -0.478 e. The number of likely N-dealkylation sites (tertiary alicyclic amines) is 1. The van der Waals surface area contributed by atoms with Crippen LogP contribution in [0.1, 0.15) is 22.3 Å². The van der Waals surface area contributed by atoms with E-state index in [1.807, 2.05) is 12.1 Å². The van der Waals surface area contributed by atoms with E-state index in [4.69, 9.17) is 9.84 Å². The van der Waals surface area contributed by atoms with Gasteiger partial charge in [0.05, 0.1) is 18.8 Å². The number of rotatable bonds is 4. The van der Waals surface area contributed by atoms with Crippen LogP contribution in [-0.4, -0.2) is 66.3 Å². The van der Waals surface area contributed by atoms with Crippen LogP contribution >= 0.6 is 0 Å². The molecular formula is C16H22N2O3. The molecular weight excluding hydrogens is 268 g/mol. The lowest BCUT2D eigenvalue weighted by atomic mass is 10.1. The summed E-state index contributed by atoms with van der Waals surface area (Å²) in [5.41, 5.74) is 1.45. The van der Waals surface area contributed by atoms with E-state index in [0.29, 0.717) is 11.6 Å². The Kier molecular flexibility index (Phi) is 4.53. The van der Waals surface area contributed by atoms with Gasteiger partial charge in [-0.1, -0.05) is 12.1 Å². The van der Waals surface area contributed by atoms with Crippen molar-refractivity contribution in [2.24, 2.45) is 0 Å². The minimum atomic E-state index is -0.857. The highest BCUT2D eigenvalue weighted by Crippen LogP contribution is 2.19. The maximum Gasteiger partial charge on any atom is 0.335 e. The summed E-state index contributed by atoms with van der Waals surface area (Å²) in [6.45, 7) is 6.74. The Morgan fingerprint density at radius 3 is 2.86 bits per heavy atom. The van der Waals surface area contributed by atoms with Gasteiger partial charge in [-0.15, -0.1) is 0 Å². The summed E-state index contributed by atoms with van der Waals surface area (Å²) in [7, 11) is 0. The molecule has 2 saturated heterocycles. The van der Waals surface area contributed by atoms with Crippen LogP contribution in [0.3, 0.4) is 0 Å². The van der Waals surface area contributed by atoms with Crippen LogP contribution in [0.5, 0.6) is 0 Å². The number of aromatic carboxylic acids is 1. The van der Waals surface area contributed by atoms with Gasteiger partial charge < -0.3 is 9.84 Å². The smallest absolute Gasteiger partial charge is 0.335 e. The molecule has 2 aliphatic heterocycles. The molecule has 1 atom stereocenters. The van der Waals surface area contributed by atoms with E-state index in [-0.39, 0.29) is 0 Å². The molecule has 1 aromatic rings. The number of ether oxygens (including phenoxy) is 1. The van der Waals surface area contributed by atoms with Crippen molar-refractivity contribution in [3.8, 4) is 0 Å². The van der Waals surface area contributed by atoms with Gasteiger partial charge in [-0.05, 0) is 24.1 Å². The molecule has 3 rings (SSSR count). The number of nitrogens with zero attached hydrogens (tertiary/aromatic N) is 2. The van der Waals surface area contributed by atoms with E-state index in [1.54, 1.807) is 12.1 Å². The highest BCUT2D eigenvalue weighted by atomic mass is 16.5. The van der Waals surface area contributed by atoms with Gasteiger partial charge >= 0.3 is 5.97 Å². The Hall–Kier alpha value is -1.43. The largest absolute Gasteiger partial charge is 0.478 e. The molecule has 2 aliphatic rings. The predicted octanol–water partition coefficient (Wildman–Crippen LogP) is 1.29. The lowest BCUT2D eigenvalue weighted by Gasteiger charge is -2.32. The average Bonchev–Trinajstić information content (AvgIpc) is 2.97. The number of hydrogen-bond donors (Lipinski definition) is 1. The molecule has 0 bridgehead atoms. The van der Waals surface area contributed by atoms with Crippen molar-refractivity contribution in [3.05, 3.63) is 35.4 Å². The van der Waals surface area contributed by atoms with E-state index < -0.39 is 5.97 Å². The minimum absolute atomic E-state index is 0.372. The number of hydrogen-bond acceptors (Lipinski definition) is 4. The van der Waals surface area contributed by atoms with Crippen molar-refractivity contribution in [2.45, 2.75) is 19.0 Å². The molecule has 0 radical (unpaired) electrons. The number of carbonyl (C=O) groups is 1. The first-order chi connectivity index (χ1) is 10.2. The zero-order valence-electron chi connectivity index (χ0n) is 12.2. The van der Waals surface area contributed by atoms with Gasteiger partial charge in [-0.3, -0.25) is 9.80 Å². The van der Waals surface area contributed by atoms with E-state index in [1.165, 1.54) is 6.42 Å². The van der Waals surface area contributed by atoms with E-state index >= 15 is 0 Å². The fourth-order valence-corrected chi connectivity index (χ4v) is 3.26. The normalized spacial score (nSPS) is 24.3. The topological polar surface area (TPSA) is 53.0 Å². The number of carboxylic acids is 1. The van der Waals surface area contributed by atoms with Gasteiger partial charge in [-0.25, -0.2) is 4.79 Å². The summed E-state index contributed by atoms with van der Waals surface area (Å²) in [6, 6.07) is 7.89. The molecule has 1 aromatic carbocycles. The molecule has 0 aromatic heterocycles. The zero-order valence-corrected chi connectivity index (χ0v) is 12.2. The van der Waals surface area contributed by atoms with Crippen molar-refractivity contribution < 1.29 is 14.6 Å². The van der Waals surface area contributed by atoms with Crippen LogP contribution in [0.25, 0.3) is 0 Å². The standard InChI is InChI=1S/C16H22N2O3/c19-16(20)14-3-1-2-13(10-14)11-17-5-4-15(12-17)18-6-8-21-9-7-18/h1-3,10,15H,4-9,11-12H2,(H,19,20). The maximum atomic E-state index is 11.0. The van der Waals surface area contributed by atoms with Crippen molar-refractivity contribution in [1.82, 2.24) is 9.80 Å². The molecule has 0 spiro atoms. The molecule has 2 fully saturated rings. The Labute approximate surface area is 125 Å². The van der Waals surface area contributed by atoms with Crippen LogP contribution in [0.15, 0.2) is 24.3 Å². The Morgan fingerprint density at radius 2 is 2.10 bits per heavy atom. The molecule has 21 heavy (non-hydrogen) atoms. The van der Waals surface area contributed by atoms with E-state index in [2.05, 4.69) is 9.80 Å². The highest BCUT2D eigenvalue weighted by Gasteiger charge is 2.28. The second kappa shape index (κ2) is 6.56. The first kappa shape index (κ1) is 14.5. The monoisotopic (exact) mass is 290 g/mol. The Bertz CT molecular complexity index is 500. The molecule has 0 aliphatic carbocycles. The van der Waals surface area contributed by atoms with Crippen LogP contribution in [-0.2, 0) is 11.3 Å². The first-order valence-electron chi connectivity index (χ1n) is 7.59. The van der Waals surface area contributed by atoms with Gasteiger partial charge in [0, 0.05) is 38.8 Å². The van der Waals surface area contributed by atoms with Crippen molar-refractivity contribution in [1.29, 1.82) is 0 Å². The molecule has 0 amide bonds. The first-order valence-corrected chi connectivity index (χ1v) is 7.59. The van der Waals surface area contributed by atoms with E-state index in [0.717, 1.165) is 51.5 Å². The summed E-state index contributed by atoms with van der Waals surface area (Å²) < 4.78 is 5.41. The average molecular weight is 290 g/mol. The summed E-state index contributed by atoms with van der Waals surface area (Å²) in [5, 5.41) is 9.05. The molecule has 2 heterocycles. The lowest BCUT2D eigenvalue weighted by molar-refractivity contribution is 0.0184. The van der Waals surface area contributed by atoms with E-state index in [9.17, 15) is 4.79 Å². The van der Waals surface area contributed by atoms with Gasteiger partial charge in [-0.2, -0.15) is 0 Å². The van der Waals surface area contributed by atoms with Crippen LogP contribution < -0.4 is 0 Å². The highest BCUT2D eigenvalue weighted by molar-refractivity contribution is 5.87. The molecule has 1 unspecified atom stereocenters.